The van der Waals surface area contributed by atoms with Crippen molar-refractivity contribution >= 4 is 41.5 Å². The minimum Gasteiger partial charge on any atom is -0.494 e. The van der Waals surface area contributed by atoms with Crippen molar-refractivity contribution in [2.24, 2.45) is 0 Å². The molecule has 1 aromatic heterocycles. The molecule has 0 aliphatic carbocycles. The summed E-state index contributed by atoms with van der Waals surface area (Å²) in [7, 11) is 1.49. The van der Waals surface area contributed by atoms with Crippen LogP contribution in [-0.2, 0) is 20.9 Å². The highest BCUT2D eigenvalue weighted by Crippen LogP contribution is 2.34. The number of methoxy groups -OCH3 is 1. The normalized spacial score (nSPS) is 16.9. The maximum atomic E-state index is 13.1. The summed E-state index contributed by atoms with van der Waals surface area (Å²) in [6.45, 7) is 7.11. The zero-order valence-electron chi connectivity index (χ0n) is 23.4. The third kappa shape index (κ3) is 7.76. The van der Waals surface area contributed by atoms with Crippen LogP contribution in [0.2, 0.25) is 5.02 Å². The number of halogens is 1. The topological polar surface area (TPSA) is 131 Å². The molecule has 2 aromatic rings. The molecular formula is C28H34ClN5O6S. The van der Waals surface area contributed by atoms with E-state index in [9.17, 15) is 14.4 Å². The molecule has 2 aliphatic heterocycles. The monoisotopic (exact) mass is 603 g/mol. The molecule has 4 rings (SSSR count). The molecule has 3 amide bonds. The van der Waals surface area contributed by atoms with Gasteiger partial charge in [-0.3, -0.25) is 19.3 Å². The number of ether oxygens (including phenoxy) is 3. The maximum Gasteiger partial charge on any atom is 0.410 e. The quantitative estimate of drug-likeness (QED) is 0.274. The van der Waals surface area contributed by atoms with E-state index in [4.69, 9.17) is 25.8 Å². The van der Waals surface area contributed by atoms with E-state index in [1.54, 1.807) is 41.6 Å². The molecule has 0 radical (unpaired) electrons. The summed E-state index contributed by atoms with van der Waals surface area (Å²) in [5.74, 6) is -0.0313. The number of benzene rings is 1. The van der Waals surface area contributed by atoms with Crippen molar-refractivity contribution < 1.29 is 28.6 Å². The summed E-state index contributed by atoms with van der Waals surface area (Å²) in [4.78, 5) is 44.7. The number of rotatable bonds is 10. The zero-order valence-corrected chi connectivity index (χ0v) is 25.0. The summed E-state index contributed by atoms with van der Waals surface area (Å²) in [6.07, 6.45) is 4.16. The smallest absolute Gasteiger partial charge is 0.410 e. The van der Waals surface area contributed by atoms with Crippen molar-refractivity contribution in [3.63, 3.8) is 0 Å². The van der Waals surface area contributed by atoms with E-state index in [2.05, 4.69) is 20.3 Å². The fraction of sp³-hybridized carbons (Fsp3) is 0.429. The maximum absolute atomic E-state index is 13.1. The number of pyridine rings is 1. The van der Waals surface area contributed by atoms with Crippen LogP contribution in [0.25, 0.3) is 0 Å². The van der Waals surface area contributed by atoms with E-state index in [1.165, 1.54) is 7.11 Å². The second-order valence-electron chi connectivity index (χ2n) is 10.4. The SMILES string of the molecule is COc1c(Cl)cccc1SNC(=O)C1=C(NCc2ccncc2OCC2CCN2C(=O)OC(C)(C)C)CCNC1=O. The second-order valence-corrected chi connectivity index (χ2v) is 11.7. The molecule has 1 fully saturated rings. The number of carbonyl (C=O) groups is 3. The molecule has 1 unspecified atom stereocenters. The van der Waals surface area contributed by atoms with Gasteiger partial charge in [0.1, 0.15) is 23.5 Å². The molecule has 1 atom stereocenters. The van der Waals surface area contributed by atoms with Gasteiger partial charge in [0.2, 0.25) is 0 Å². The lowest BCUT2D eigenvalue weighted by atomic mass is 10.1. The van der Waals surface area contributed by atoms with Gasteiger partial charge in [-0.1, -0.05) is 17.7 Å². The number of nitrogens with one attached hydrogen (secondary N) is 3. The molecule has 13 heteroatoms. The van der Waals surface area contributed by atoms with Crippen molar-refractivity contribution in [3.8, 4) is 11.5 Å². The molecular weight excluding hydrogens is 570 g/mol. The van der Waals surface area contributed by atoms with Gasteiger partial charge in [-0.05, 0) is 57.3 Å². The third-order valence-corrected chi connectivity index (χ3v) is 7.50. The van der Waals surface area contributed by atoms with E-state index >= 15 is 0 Å². The number of hydrogen-bond acceptors (Lipinski definition) is 9. The van der Waals surface area contributed by atoms with Crippen LogP contribution in [0.1, 0.15) is 39.2 Å². The fourth-order valence-electron chi connectivity index (χ4n) is 4.24. The van der Waals surface area contributed by atoms with Crippen molar-refractivity contribution in [1.82, 2.24) is 25.2 Å². The summed E-state index contributed by atoms with van der Waals surface area (Å²) in [5.41, 5.74) is 0.743. The van der Waals surface area contributed by atoms with E-state index in [1.807, 2.05) is 20.8 Å². The highest BCUT2D eigenvalue weighted by molar-refractivity contribution is 7.98. The Morgan fingerprint density at radius 2 is 2.07 bits per heavy atom. The zero-order chi connectivity index (χ0) is 29.6. The largest absolute Gasteiger partial charge is 0.494 e. The van der Waals surface area contributed by atoms with Crippen molar-refractivity contribution in [2.45, 2.75) is 56.7 Å². The van der Waals surface area contributed by atoms with Gasteiger partial charge in [-0.15, -0.1) is 0 Å². The van der Waals surface area contributed by atoms with E-state index in [0.717, 1.165) is 23.9 Å². The van der Waals surface area contributed by atoms with Gasteiger partial charge in [0.15, 0.2) is 5.75 Å². The van der Waals surface area contributed by atoms with Crippen LogP contribution in [0.4, 0.5) is 4.79 Å². The van der Waals surface area contributed by atoms with Crippen LogP contribution < -0.4 is 24.8 Å². The summed E-state index contributed by atoms with van der Waals surface area (Å²) in [6, 6.07) is 6.89. The molecule has 3 heterocycles. The van der Waals surface area contributed by atoms with Crippen LogP contribution in [0.15, 0.2) is 52.8 Å². The molecule has 0 saturated carbocycles. The van der Waals surface area contributed by atoms with Gasteiger partial charge in [0, 0.05) is 43.5 Å². The van der Waals surface area contributed by atoms with Gasteiger partial charge >= 0.3 is 6.09 Å². The Morgan fingerprint density at radius 3 is 2.78 bits per heavy atom. The van der Waals surface area contributed by atoms with Crippen LogP contribution in [-0.4, -0.2) is 66.2 Å². The Kier molecular flexibility index (Phi) is 9.87. The van der Waals surface area contributed by atoms with Gasteiger partial charge in [0.05, 0.1) is 29.3 Å². The van der Waals surface area contributed by atoms with Crippen LogP contribution in [0.5, 0.6) is 11.5 Å². The van der Waals surface area contributed by atoms with Crippen molar-refractivity contribution in [3.05, 3.63) is 58.5 Å². The first-order chi connectivity index (χ1) is 19.6. The van der Waals surface area contributed by atoms with Gasteiger partial charge in [0.25, 0.3) is 11.8 Å². The Hall–Kier alpha value is -3.64. The summed E-state index contributed by atoms with van der Waals surface area (Å²) < 4.78 is 19.6. The molecule has 2 aliphatic rings. The van der Waals surface area contributed by atoms with E-state index in [0.29, 0.717) is 59.8 Å². The molecule has 11 nitrogen and oxygen atoms in total. The lowest BCUT2D eigenvalue weighted by molar-refractivity contribution is -0.123. The van der Waals surface area contributed by atoms with Crippen LogP contribution in [0.3, 0.4) is 0 Å². The van der Waals surface area contributed by atoms with Crippen LogP contribution in [0, 0.1) is 0 Å². The van der Waals surface area contributed by atoms with Crippen LogP contribution >= 0.6 is 23.5 Å². The van der Waals surface area contributed by atoms with E-state index < -0.39 is 17.4 Å². The van der Waals surface area contributed by atoms with Gasteiger partial charge in [-0.25, -0.2) is 4.79 Å². The lowest BCUT2D eigenvalue weighted by Gasteiger charge is -2.41. The number of nitrogens with zero attached hydrogens (tertiary/aromatic N) is 2. The lowest BCUT2D eigenvalue weighted by Crippen LogP contribution is -2.55. The summed E-state index contributed by atoms with van der Waals surface area (Å²) >= 11 is 7.19. The average Bonchev–Trinajstić information content (AvgIpc) is 2.89. The summed E-state index contributed by atoms with van der Waals surface area (Å²) in [5, 5.41) is 6.39. The van der Waals surface area contributed by atoms with Crippen molar-refractivity contribution in [2.75, 3.05) is 26.8 Å². The first kappa shape index (κ1) is 30.3. The second kappa shape index (κ2) is 13.3. The Labute approximate surface area is 248 Å². The minimum absolute atomic E-state index is 0.00346. The fourth-order valence-corrected chi connectivity index (χ4v) is 5.28. The first-order valence-corrected chi connectivity index (χ1v) is 14.4. The Balaban J connectivity index is 1.40. The van der Waals surface area contributed by atoms with Gasteiger partial charge in [-0.2, -0.15) is 0 Å². The Bertz CT molecular complexity index is 1330. The Morgan fingerprint density at radius 1 is 1.27 bits per heavy atom. The molecule has 220 valence electrons. The average molecular weight is 604 g/mol. The predicted molar refractivity (Wildman–Crippen MR) is 155 cm³/mol. The third-order valence-electron chi connectivity index (χ3n) is 6.37. The number of para-hydroxylation sites is 1. The highest BCUT2D eigenvalue weighted by Gasteiger charge is 2.36. The molecule has 0 spiro atoms. The molecule has 41 heavy (non-hydrogen) atoms. The number of hydrogen-bond donors (Lipinski definition) is 3. The molecule has 1 aromatic carbocycles. The van der Waals surface area contributed by atoms with Crippen molar-refractivity contribution in [1.29, 1.82) is 0 Å². The van der Waals surface area contributed by atoms with E-state index in [-0.39, 0.29) is 17.7 Å². The number of aromatic nitrogens is 1. The number of carbonyl (C=O) groups excluding carboxylic acids is 3. The molecule has 3 N–H and O–H groups in total. The predicted octanol–water partition coefficient (Wildman–Crippen LogP) is 3.82. The standard InChI is InChI=1S/C28H34ClN5O6S/c1-28(2,3)40-27(37)34-13-10-18(34)16-39-21-15-30-11-8-17(21)14-32-20-9-12-31-25(35)23(20)26(36)33-41-22-7-5-6-19(29)24(22)38-4/h5-8,11,15,18,32H,9-10,12-14,16H2,1-4H3,(H,31,35)(H,33,36). The molecule has 1 saturated heterocycles. The highest BCUT2D eigenvalue weighted by atomic mass is 35.5. The minimum atomic E-state index is -0.568. The van der Waals surface area contributed by atoms with Gasteiger partial charge < -0.3 is 29.7 Å². The first-order valence-electron chi connectivity index (χ1n) is 13.2. The molecule has 0 bridgehead atoms. The number of amides is 3. The number of likely N-dealkylation sites (tertiary alicyclic amines) is 1.